The monoisotopic (exact) mass is 281 g/mol. The summed E-state index contributed by atoms with van der Waals surface area (Å²) >= 11 is 11.2. The molecule has 0 radical (unpaired) electrons. The van der Waals surface area contributed by atoms with Crippen LogP contribution in [-0.2, 0) is 14.3 Å². The van der Waals surface area contributed by atoms with Crippen LogP contribution in [0.15, 0.2) is 12.2 Å². The molecule has 0 spiro atoms. The van der Waals surface area contributed by atoms with Crippen molar-refractivity contribution in [1.82, 2.24) is 4.90 Å². The normalized spacial score (nSPS) is 17.9. The highest BCUT2D eigenvalue weighted by Crippen LogP contribution is 2.11. The zero-order chi connectivity index (χ0) is 12.7. The molecule has 1 rings (SSSR count). The minimum absolute atomic E-state index is 0.329. The molecule has 6 heteroatoms. The van der Waals surface area contributed by atoms with Crippen molar-refractivity contribution in [3.8, 4) is 0 Å². The van der Waals surface area contributed by atoms with E-state index in [1.54, 1.807) is 0 Å². The maximum Gasteiger partial charge on any atom is 0.256 e. The summed E-state index contributed by atoms with van der Waals surface area (Å²) in [6.07, 6.45) is 4.22. The largest absolute Gasteiger partial charge is 0.351 e. The summed E-state index contributed by atoms with van der Waals surface area (Å²) in [5.41, 5.74) is 0. The molecule has 1 heterocycles. The summed E-state index contributed by atoms with van der Waals surface area (Å²) in [4.78, 5) is 12.2. The first kappa shape index (κ1) is 14.8. The number of carbonyl (C=O) groups excluding carboxylic acids is 1. The van der Waals surface area contributed by atoms with Gasteiger partial charge in [-0.05, 0) is 13.3 Å². The molecule has 0 unspecified atom stereocenters. The number of allylic oxidation sites excluding steroid dienone is 1. The van der Waals surface area contributed by atoms with E-state index in [9.17, 15) is 4.79 Å². The topological polar surface area (TPSA) is 38.8 Å². The molecule has 1 aliphatic heterocycles. The molecule has 0 aromatic heterocycles. The maximum absolute atomic E-state index is 11.7. The summed E-state index contributed by atoms with van der Waals surface area (Å²) < 4.78 is 10.8. The molecule has 1 aliphatic rings. The third kappa shape index (κ3) is 5.25. The molecule has 98 valence electrons. The van der Waals surface area contributed by atoms with Crippen LogP contribution in [0, 0.1) is 0 Å². The van der Waals surface area contributed by atoms with Gasteiger partial charge in [0.05, 0.1) is 19.8 Å². The van der Waals surface area contributed by atoms with Crippen LogP contribution < -0.4 is 0 Å². The summed E-state index contributed by atoms with van der Waals surface area (Å²) in [7, 11) is 0. The fraction of sp³-hybridized carbons (Fsp3) is 0.727. The van der Waals surface area contributed by atoms with E-state index in [4.69, 9.17) is 32.7 Å². The Labute approximate surface area is 111 Å². The number of nitrogens with zero attached hydrogens (tertiary/aromatic N) is 1. The van der Waals surface area contributed by atoms with Gasteiger partial charge >= 0.3 is 0 Å². The van der Waals surface area contributed by atoms with E-state index in [-0.39, 0.29) is 12.2 Å². The predicted octanol–water partition coefficient (Wildman–Crippen LogP) is 1.96. The second-order valence-electron chi connectivity index (χ2n) is 3.64. The van der Waals surface area contributed by atoms with Crippen LogP contribution in [0.4, 0.5) is 0 Å². The molecule has 0 atom stereocenters. The number of halogens is 2. The zero-order valence-corrected chi connectivity index (χ0v) is 11.3. The van der Waals surface area contributed by atoms with E-state index in [2.05, 4.69) is 0 Å². The van der Waals surface area contributed by atoms with Gasteiger partial charge in [0.1, 0.15) is 0 Å². The quantitative estimate of drug-likeness (QED) is 0.571. The Balaban J connectivity index is 2.52. The molecule has 1 saturated heterocycles. The molecule has 1 fully saturated rings. The van der Waals surface area contributed by atoms with Crippen LogP contribution in [0.2, 0.25) is 0 Å². The van der Waals surface area contributed by atoms with Crippen LogP contribution in [0.1, 0.15) is 13.3 Å². The van der Waals surface area contributed by atoms with E-state index in [1.165, 1.54) is 4.90 Å². The number of amides is 1. The first-order valence-corrected chi connectivity index (χ1v) is 6.43. The number of hydrogen-bond acceptors (Lipinski definition) is 3. The third-order valence-electron chi connectivity index (χ3n) is 2.33. The highest BCUT2D eigenvalue weighted by atomic mass is 35.5. The van der Waals surface area contributed by atoms with Gasteiger partial charge < -0.3 is 14.4 Å². The smallest absolute Gasteiger partial charge is 0.256 e. The third-order valence-corrected chi connectivity index (χ3v) is 2.70. The lowest BCUT2D eigenvalue weighted by atomic mass is 10.4. The second kappa shape index (κ2) is 7.93. The number of hydrogen-bond donors (Lipinski definition) is 0. The summed E-state index contributed by atoms with van der Waals surface area (Å²) in [6, 6.07) is 0. The van der Waals surface area contributed by atoms with Gasteiger partial charge in [0, 0.05) is 6.54 Å². The van der Waals surface area contributed by atoms with Gasteiger partial charge in [-0.15, -0.1) is 0 Å². The average molecular weight is 282 g/mol. The highest BCUT2D eigenvalue weighted by Gasteiger charge is 2.24. The molecule has 0 aromatic carbocycles. The van der Waals surface area contributed by atoms with Crippen molar-refractivity contribution >= 4 is 29.1 Å². The van der Waals surface area contributed by atoms with E-state index in [0.29, 0.717) is 26.3 Å². The number of ether oxygens (including phenoxy) is 2. The van der Waals surface area contributed by atoms with Crippen LogP contribution >= 0.6 is 23.2 Å². The van der Waals surface area contributed by atoms with Crippen molar-refractivity contribution < 1.29 is 14.3 Å². The second-order valence-corrected chi connectivity index (χ2v) is 4.73. The van der Waals surface area contributed by atoms with Crippen molar-refractivity contribution in [3.05, 3.63) is 12.2 Å². The van der Waals surface area contributed by atoms with E-state index in [0.717, 1.165) is 6.42 Å². The molecule has 0 aliphatic carbocycles. The lowest BCUT2D eigenvalue weighted by Crippen LogP contribution is -2.43. The van der Waals surface area contributed by atoms with Gasteiger partial charge in [-0.3, -0.25) is 4.79 Å². The Morgan fingerprint density at radius 3 is 2.65 bits per heavy atom. The van der Waals surface area contributed by atoms with Crippen molar-refractivity contribution in [2.75, 3.05) is 26.3 Å². The summed E-state index contributed by atoms with van der Waals surface area (Å²) in [5, 5.41) is 0. The SMILES string of the molecule is CC=CCN(CC1OCCCO1)C(=O)C(Cl)Cl. The molecular formula is C11H17Cl2NO3. The van der Waals surface area contributed by atoms with Crippen molar-refractivity contribution in [2.24, 2.45) is 0 Å². The lowest BCUT2D eigenvalue weighted by molar-refractivity contribution is -0.188. The molecule has 4 nitrogen and oxygen atoms in total. The van der Waals surface area contributed by atoms with Crippen LogP contribution in [0.3, 0.4) is 0 Å². The molecule has 0 bridgehead atoms. The Morgan fingerprint density at radius 2 is 2.12 bits per heavy atom. The molecule has 0 aromatic rings. The summed E-state index contributed by atoms with van der Waals surface area (Å²) in [6.45, 7) is 3.99. The predicted molar refractivity (Wildman–Crippen MR) is 67.2 cm³/mol. The van der Waals surface area contributed by atoms with Crippen molar-refractivity contribution in [1.29, 1.82) is 0 Å². The van der Waals surface area contributed by atoms with Gasteiger partial charge in [0.25, 0.3) is 5.91 Å². The number of rotatable bonds is 5. The van der Waals surface area contributed by atoms with Gasteiger partial charge in [0.15, 0.2) is 11.1 Å². The van der Waals surface area contributed by atoms with Gasteiger partial charge in [-0.2, -0.15) is 0 Å². The highest BCUT2D eigenvalue weighted by molar-refractivity contribution is 6.53. The van der Waals surface area contributed by atoms with E-state index < -0.39 is 4.84 Å². The van der Waals surface area contributed by atoms with Crippen LogP contribution in [0.5, 0.6) is 0 Å². The maximum atomic E-state index is 11.7. The molecular weight excluding hydrogens is 265 g/mol. The average Bonchev–Trinajstić information content (AvgIpc) is 2.34. The molecule has 0 saturated carbocycles. The number of carbonyl (C=O) groups is 1. The summed E-state index contributed by atoms with van der Waals surface area (Å²) in [5.74, 6) is -0.329. The molecule has 1 amide bonds. The van der Waals surface area contributed by atoms with E-state index >= 15 is 0 Å². The van der Waals surface area contributed by atoms with Crippen LogP contribution in [-0.4, -0.2) is 48.2 Å². The van der Waals surface area contributed by atoms with Crippen LogP contribution in [0.25, 0.3) is 0 Å². The Morgan fingerprint density at radius 1 is 1.47 bits per heavy atom. The Kier molecular flexibility index (Phi) is 6.89. The minimum Gasteiger partial charge on any atom is -0.351 e. The van der Waals surface area contributed by atoms with Crippen molar-refractivity contribution in [2.45, 2.75) is 24.5 Å². The number of alkyl halides is 2. The fourth-order valence-electron chi connectivity index (χ4n) is 1.45. The van der Waals surface area contributed by atoms with Gasteiger partial charge in [-0.1, -0.05) is 35.4 Å². The standard InChI is InChI=1S/C11H17Cl2NO3/c1-2-3-5-14(11(15)10(12)13)8-9-16-6-4-7-17-9/h2-3,9-10H,4-8H2,1H3. The lowest BCUT2D eigenvalue weighted by Gasteiger charge is -2.29. The van der Waals surface area contributed by atoms with Gasteiger partial charge in [0.2, 0.25) is 0 Å². The van der Waals surface area contributed by atoms with E-state index in [1.807, 2.05) is 19.1 Å². The Bertz CT molecular complexity index is 265. The molecule has 0 N–H and O–H groups in total. The first-order valence-electron chi connectivity index (χ1n) is 5.56. The van der Waals surface area contributed by atoms with Gasteiger partial charge in [-0.25, -0.2) is 0 Å². The van der Waals surface area contributed by atoms with Crippen molar-refractivity contribution in [3.63, 3.8) is 0 Å². The Hall–Kier alpha value is -0.290. The first-order chi connectivity index (χ1) is 8.15. The zero-order valence-electron chi connectivity index (χ0n) is 9.77. The fourth-order valence-corrected chi connectivity index (χ4v) is 1.72. The molecule has 17 heavy (non-hydrogen) atoms. The minimum atomic E-state index is -1.05.